The van der Waals surface area contributed by atoms with Gasteiger partial charge in [0.1, 0.15) is 0 Å². The van der Waals surface area contributed by atoms with Crippen molar-refractivity contribution < 1.29 is 14.7 Å². The zero-order chi connectivity index (χ0) is 12.8. The van der Waals surface area contributed by atoms with Crippen LogP contribution in [0.2, 0.25) is 0 Å². The second-order valence-electron chi connectivity index (χ2n) is 4.20. The first-order valence-corrected chi connectivity index (χ1v) is 5.71. The van der Waals surface area contributed by atoms with Crippen molar-refractivity contribution in [3.63, 3.8) is 0 Å². The van der Waals surface area contributed by atoms with E-state index in [1.165, 1.54) is 0 Å². The van der Waals surface area contributed by atoms with Crippen molar-refractivity contribution in [3.8, 4) is 11.8 Å². The lowest BCUT2D eigenvalue weighted by Gasteiger charge is -2.40. The van der Waals surface area contributed by atoms with E-state index < -0.39 is 5.97 Å². The maximum atomic E-state index is 11.5. The van der Waals surface area contributed by atoms with Crippen LogP contribution in [0, 0.1) is 23.7 Å². The second-order valence-corrected chi connectivity index (χ2v) is 4.20. The first kappa shape index (κ1) is 13.4. The number of hydrogen-bond donors (Lipinski definition) is 2. The predicted octanol–water partition coefficient (Wildman–Crippen LogP) is 0.762. The lowest BCUT2D eigenvalue weighted by Crippen LogP contribution is -2.56. The normalized spacial score (nSPS) is 16.5. The van der Waals surface area contributed by atoms with Crippen molar-refractivity contribution >= 4 is 12.0 Å². The van der Waals surface area contributed by atoms with Gasteiger partial charge in [0.15, 0.2) is 0 Å². The van der Waals surface area contributed by atoms with Gasteiger partial charge in [-0.2, -0.15) is 0 Å². The fraction of sp³-hybridized carbons (Fsp3) is 0.667. The van der Waals surface area contributed by atoms with Crippen LogP contribution in [0.3, 0.4) is 0 Å². The lowest BCUT2D eigenvalue weighted by molar-refractivity contribution is -0.144. The number of rotatable bonds is 4. The lowest BCUT2D eigenvalue weighted by atomic mass is 9.87. The van der Waals surface area contributed by atoms with E-state index in [1.54, 1.807) is 18.7 Å². The molecule has 5 nitrogen and oxygen atoms in total. The first-order valence-electron chi connectivity index (χ1n) is 5.71. The fourth-order valence-electron chi connectivity index (χ4n) is 1.67. The van der Waals surface area contributed by atoms with Gasteiger partial charge in [-0.05, 0) is 6.92 Å². The Morgan fingerprint density at radius 3 is 2.71 bits per heavy atom. The monoisotopic (exact) mass is 238 g/mol. The molecule has 1 aliphatic rings. The number of carbonyl (C=O) groups excluding carboxylic acids is 1. The van der Waals surface area contributed by atoms with Crippen molar-refractivity contribution in [2.24, 2.45) is 11.8 Å². The van der Waals surface area contributed by atoms with Crippen molar-refractivity contribution in [3.05, 3.63) is 0 Å². The fourth-order valence-corrected chi connectivity index (χ4v) is 1.67. The van der Waals surface area contributed by atoms with Gasteiger partial charge in [0.2, 0.25) is 0 Å². The van der Waals surface area contributed by atoms with E-state index in [2.05, 4.69) is 17.2 Å². The highest BCUT2D eigenvalue weighted by Crippen LogP contribution is 2.23. The van der Waals surface area contributed by atoms with Crippen LogP contribution < -0.4 is 5.32 Å². The summed E-state index contributed by atoms with van der Waals surface area (Å²) in [6.45, 7) is 5.03. The molecular formula is C12H18N2O3. The van der Waals surface area contributed by atoms with Crippen LogP contribution in [0.4, 0.5) is 4.79 Å². The number of aliphatic carboxylic acids is 1. The van der Waals surface area contributed by atoms with E-state index in [0.29, 0.717) is 26.1 Å². The Morgan fingerprint density at radius 1 is 1.53 bits per heavy atom. The van der Waals surface area contributed by atoms with Crippen LogP contribution in [0.25, 0.3) is 0 Å². The Morgan fingerprint density at radius 2 is 2.18 bits per heavy atom. The molecular weight excluding hydrogens is 220 g/mol. The minimum absolute atomic E-state index is 0.0775. The third-order valence-electron chi connectivity index (χ3n) is 3.00. The highest BCUT2D eigenvalue weighted by Gasteiger charge is 2.36. The van der Waals surface area contributed by atoms with Crippen LogP contribution in [0.1, 0.15) is 20.3 Å². The number of carboxylic acids is 1. The number of amides is 2. The number of likely N-dealkylation sites (tertiary alicyclic amines) is 1. The molecule has 0 aliphatic carbocycles. The number of hydrogen-bond acceptors (Lipinski definition) is 2. The maximum Gasteiger partial charge on any atom is 0.317 e. The summed E-state index contributed by atoms with van der Waals surface area (Å²) in [5, 5.41) is 11.6. The summed E-state index contributed by atoms with van der Waals surface area (Å²) in [6.07, 6.45) is 0.644. The molecule has 0 aromatic heterocycles. The van der Waals surface area contributed by atoms with Crippen LogP contribution in [0.15, 0.2) is 0 Å². The zero-order valence-electron chi connectivity index (χ0n) is 10.2. The Hall–Kier alpha value is -1.70. The molecule has 1 rings (SSSR count). The Bertz CT molecular complexity index is 350. The molecule has 0 spiro atoms. The summed E-state index contributed by atoms with van der Waals surface area (Å²) in [5.74, 6) is 4.51. The minimum Gasteiger partial charge on any atom is -0.481 e. The summed E-state index contributed by atoms with van der Waals surface area (Å²) in [7, 11) is 0. The zero-order valence-corrected chi connectivity index (χ0v) is 10.2. The van der Waals surface area contributed by atoms with Crippen LogP contribution in [-0.4, -0.2) is 41.6 Å². The highest BCUT2D eigenvalue weighted by atomic mass is 16.4. The second kappa shape index (κ2) is 6.14. The molecule has 5 heteroatoms. The molecule has 0 aromatic rings. The van der Waals surface area contributed by atoms with E-state index >= 15 is 0 Å². The van der Waals surface area contributed by atoms with Crippen LogP contribution >= 0.6 is 0 Å². The van der Waals surface area contributed by atoms with E-state index in [4.69, 9.17) is 5.11 Å². The summed E-state index contributed by atoms with van der Waals surface area (Å²) in [5.41, 5.74) is 0. The maximum absolute atomic E-state index is 11.5. The van der Waals surface area contributed by atoms with Gasteiger partial charge in [0.05, 0.1) is 5.92 Å². The molecule has 94 valence electrons. The van der Waals surface area contributed by atoms with Gasteiger partial charge in [0, 0.05) is 32.0 Å². The van der Waals surface area contributed by atoms with Crippen molar-refractivity contribution in [2.75, 3.05) is 19.6 Å². The summed E-state index contributed by atoms with van der Waals surface area (Å²) >= 11 is 0. The van der Waals surface area contributed by atoms with Gasteiger partial charge >= 0.3 is 12.0 Å². The van der Waals surface area contributed by atoms with Gasteiger partial charge in [-0.15, -0.1) is 11.8 Å². The molecule has 1 atom stereocenters. The van der Waals surface area contributed by atoms with Gasteiger partial charge < -0.3 is 15.3 Å². The molecule has 0 radical (unpaired) electrons. The van der Waals surface area contributed by atoms with E-state index in [0.717, 1.165) is 0 Å². The standard InChI is InChI=1S/C12H18N2O3/c1-3-4-5-6-13-12(17)14-7-10(8-14)9(2)11(15)16/h9-10H,5-8H2,1-2H3,(H,13,17)(H,15,16). The van der Waals surface area contributed by atoms with E-state index in [-0.39, 0.29) is 17.9 Å². The van der Waals surface area contributed by atoms with Crippen molar-refractivity contribution in [1.82, 2.24) is 10.2 Å². The average Bonchev–Trinajstić information content (AvgIpc) is 2.22. The number of carboxylic acid groups (broad SMARTS) is 1. The third kappa shape index (κ3) is 3.66. The Kier molecular flexibility index (Phi) is 4.83. The molecule has 0 bridgehead atoms. The third-order valence-corrected chi connectivity index (χ3v) is 3.00. The van der Waals surface area contributed by atoms with Gasteiger partial charge in [-0.1, -0.05) is 6.92 Å². The van der Waals surface area contributed by atoms with Crippen LogP contribution in [-0.2, 0) is 4.79 Å². The molecule has 0 aromatic carbocycles. The number of nitrogens with zero attached hydrogens (tertiary/aromatic N) is 1. The molecule has 0 saturated carbocycles. The van der Waals surface area contributed by atoms with Crippen LogP contribution in [0.5, 0.6) is 0 Å². The molecule has 1 unspecified atom stereocenters. The topological polar surface area (TPSA) is 69.6 Å². The summed E-state index contributed by atoms with van der Waals surface area (Å²) in [6, 6.07) is -0.128. The van der Waals surface area contributed by atoms with Gasteiger partial charge in [-0.3, -0.25) is 4.79 Å². The number of urea groups is 1. The van der Waals surface area contributed by atoms with Crippen molar-refractivity contribution in [1.29, 1.82) is 0 Å². The SMILES string of the molecule is CC#CCCNC(=O)N1CC(C(C)C(=O)O)C1. The molecule has 1 fully saturated rings. The molecule has 1 heterocycles. The Balaban J connectivity index is 2.20. The van der Waals surface area contributed by atoms with E-state index in [9.17, 15) is 9.59 Å². The van der Waals surface area contributed by atoms with Gasteiger partial charge in [-0.25, -0.2) is 4.79 Å². The largest absolute Gasteiger partial charge is 0.481 e. The first-order chi connectivity index (χ1) is 8.06. The molecule has 2 N–H and O–H groups in total. The summed E-state index contributed by atoms with van der Waals surface area (Å²) < 4.78 is 0. The highest BCUT2D eigenvalue weighted by molar-refractivity contribution is 5.76. The predicted molar refractivity (Wildman–Crippen MR) is 63.3 cm³/mol. The summed E-state index contributed by atoms with van der Waals surface area (Å²) in [4.78, 5) is 23.9. The average molecular weight is 238 g/mol. The van der Waals surface area contributed by atoms with Crippen molar-refractivity contribution in [2.45, 2.75) is 20.3 Å². The Labute approximate surface area is 101 Å². The smallest absolute Gasteiger partial charge is 0.317 e. The molecule has 2 amide bonds. The van der Waals surface area contributed by atoms with E-state index in [1.807, 2.05) is 0 Å². The molecule has 17 heavy (non-hydrogen) atoms. The molecule has 1 saturated heterocycles. The molecule has 1 aliphatic heterocycles. The number of nitrogens with one attached hydrogen (secondary N) is 1. The minimum atomic E-state index is -0.798. The van der Waals surface area contributed by atoms with Gasteiger partial charge in [0.25, 0.3) is 0 Å². The number of carbonyl (C=O) groups is 2. The quantitative estimate of drug-likeness (QED) is 0.561.